The second-order valence-electron chi connectivity index (χ2n) is 4.74. The molecule has 0 aliphatic carbocycles. The van der Waals surface area contributed by atoms with E-state index in [1.54, 1.807) is 4.90 Å². The van der Waals surface area contributed by atoms with E-state index in [1.807, 2.05) is 0 Å². The molecule has 0 unspecified atom stereocenters. The highest BCUT2D eigenvalue weighted by molar-refractivity contribution is 5.85. The van der Waals surface area contributed by atoms with Crippen molar-refractivity contribution in [3.05, 3.63) is 0 Å². The van der Waals surface area contributed by atoms with Crippen molar-refractivity contribution in [2.24, 2.45) is 11.7 Å². The van der Waals surface area contributed by atoms with Gasteiger partial charge in [-0.2, -0.15) is 0 Å². The first-order valence-electron chi connectivity index (χ1n) is 6.49. The summed E-state index contributed by atoms with van der Waals surface area (Å²) in [6.07, 6.45) is 2.50. The number of hydrogen-bond donors (Lipinski definition) is 3. The van der Waals surface area contributed by atoms with Crippen LogP contribution in [0.15, 0.2) is 0 Å². The average molecular weight is 271 g/mol. The minimum atomic E-state index is -0.775. The van der Waals surface area contributed by atoms with E-state index < -0.39 is 5.97 Å². The van der Waals surface area contributed by atoms with E-state index in [0.717, 1.165) is 12.8 Å². The Hall–Kier alpha value is -1.63. The summed E-state index contributed by atoms with van der Waals surface area (Å²) in [7, 11) is 0. The number of amides is 2. The molecule has 0 aromatic rings. The summed E-state index contributed by atoms with van der Waals surface area (Å²) in [4.78, 5) is 34.9. The van der Waals surface area contributed by atoms with Gasteiger partial charge in [0, 0.05) is 19.5 Å². The van der Waals surface area contributed by atoms with Crippen molar-refractivity contribution >= 4 is 17.8 Å². The van der Waals surface area contributed by atoms with Crippen LogP contribution in [-0.4, -0.2) is 54.0 Å². The van der Waals surface area contributed by atoms with E-state index in [0.29, 0.717) is 25.4 Å². The monoisotopic (exact) mass is 271 g/mol. The van der Waals surface area contributed by atoms with Gasteiger partial charge in [-0.15, -0.1) is 0 Å². The zero-order valence-electron chi connectivity index (χ0n) is 10.9. The minimum absolute atomic E-state index is 0.0180. The number of carboxylic acids is 1. The Morgan fingerprint density at radius 1 is 1.26 bits per heavy atom. The second kappa shape index (κ2) is 7.73. The molecule has 0 radical (unpaired) electrons. The van der Waals surface area contributed by atoms with E-state index in [1.165, 1.54) is 0 Å². The zero-order chi connectivity index (χ0) is 14.3. The number of likely N-dealkylation sites (tertiary alicyclic amines) is 1. The minimum Gasteiger partial charge on any atom is -0.481 e. The Kier molecular flexibility index (Phi) is 6.27. The van der Waals surface area contributed by atoms with E-state index in [2.05, 4.69) is 5.32 Å². The summed E-state index contributed by atoms with van der Waals surface area (Å²) in [6.45, 7) is 1.11. The van der Waals surface area contributed by atoms with Gasteiger partial charge in [0.05, 0.1) is 13.1 Å². The topological polar surface area (TPSA) is 113 Å². The number of carboxylic acid groups (broad SMARTS) is 1. The molecule has 1 saturated heterocycles. The molecule has 19 heavy (non-hydrogen) atoms. The zero-order valence-corrected chi connectivity index (χ0v) is 10.9. The van der Waals surface area contributed by atoms with Gasteiger partial charge in [0.2, 0.25) is 11.8 Å². The number of carbonyl (C=O) groups excluding carboxylic acids is 2. The average Bonchev–Trinajstić information content (AvgIpc) is 2.42. The van der Waals surface area contributed by atoms with Gasteiger partial charge >= 0.3 is 5.97 Å². The number of nitrogens with zero attached hydrogens (tertiary/aromatic N) is 1. The quantitative estimate of drug-likeness (QED) is 0.583. The maximum Gasteiger partial charge on any atom is 0.303 e. The largest absolute Gasteiger partial charge is 0.481 e. The SMILES string of the molecule is NCC(=O)NCC(=O)N1CCC(CCC(=O)O)CC1. The fraction of sp³-hybridized carbons (Fsp3) is 0.750. The molecule has 0 aromatic heterocycles. The lowest BCUT2D eigenvalue weighted by Crippen LogP contribution is -2.45. The molecule has 7 nitrogen and oxygen atoms in total. The summed E-state index contributed by atoms with van der Waals surface area (Å²) < 4.78 is 0. The third-order valence-electron chi connectivity index (χ3n) is 3.36. The van der Waals surface area contributed by atoms with Crippen LogP contribution in [0.1, 0.15) is 25.7 Å². The Morgan fingerprint density at radius 2 is 1.89 bits per heavy atom. The molecule has 1 rings (SSSR count). The molecule has 1 aliphatic rings. The van der Waals surface area contributed by atoms with Gasteiger partial charge < -0.3 is 21.1 Å². The van der Waals surface area contributed by atoms with Crippen LogP contribution in [0.2, 0.25) is 0 Å². The predicted molar refractivity (Wildman–Crippen MR) is 68.2 cm³/mol. The highest BCUT2D eigenvalue weighted by Gasteiger charge is 2.23. The molecule has 0 atom stereocenters. The summed E-state index contributed by atoms with van der Waals surface area (Å²) >= 11 is 0. The fourth-order valence-corrected chi connectivity index (χ4v) is 2.16. The Bertz CT molecular complexity index is 338. The Labute approximate surface area is 112 Å². The first-order chi connectivity index (χ1) is 9.02. The van der Waals surface area contributed by atoms with Crippen molar-refractivity contribution < 1.29 is 19.5 Å². The highest BCUT2D eigenvalue weighted by Crippen LogP contribution is 2.21. The van der Waals surface area contributed by atoms with Crippen LogP contribution in [0.4, 0.5) is 0 Å². The van der Waals surface area contributed by atoms with Gasteiger partial charge in [-0.05, 0) is 25.2 Å². The van der Waals surface area contributed by atoms with E-state index >= 15 is 0 Å². The summed E-state index contributed by atoms with van der Waals surface area (Å²) in [5.74, 6) is -0.857. The molecule has 2 amide bonds. The molecule has 0 aromatic carbocycles. The number of aliphatic carboxylic acids is 1. The maximum absolute atomic E-state index is 11.8. The Morgan fingerprint density at radius 3 is 2.42 bits per heavy atom. The molecule has 4 N–H and O–H groups in total. The normalized spacial score (nSPS) is 16.2. The molecule has 1 aliphatic heterocycles. The van der Waals surface area contributed by atoms with Crippen LogP contribution in [0.5, 0.6) is 0 Å². The van der Waals surface area contributed by atoms with Crippen LogP contribution in [0.3, 0.4) is 0 Å². The van der Waals surface area contributed by atoms with E-state index in [9.17, 15) is 14.4 Å². The van der Waals surface area contributed by atoms with Crippen molar-refractivity contribution in [1.29, 1.82) is 0 Å². The van der Waals surface area contributed by atoms with Gasteiger partial charge in [0.1, 0.15) is 0 Å². The number of nitrogens with one attached hydrogen (secondary N) is 1. The Balaban J connectivity index is 2.23. The van der Waals surface area contributed by atoms with Gasteiger partial charge in [-0.3, -0.25) is 14.4 Å². The molecule has 1 fully saturated rings. The maximum atomic E-state index is 11.8. The molecule has 0 spiro atoms. The van der Waals surface area contributed by atoms with Crippen molar-refractivity contribution in [3.8, 4) is 0 Å². The number of hydrogen-bond acceptors (Lipinski definition) is 4. The van der Waals surface area contributed by atoms with Gasteiger partial charge in [-0.1, -0.05) is 0 Å². The predicted octanol–water partition coefficient (Wildman–Crippen LogP) is -0.835. The molecule has 7 heteroatoms. The summed E-state index contributed by atoms with van der Waals surface area (Å²) in [5, 5.41) is 11.1. The molecular weight excluding hydrogens is 250 g/mol. The van der Waals surface area contributed by atoms with Crippen molar-refractivity contribution in [2.75, 3.05) is 26.2 Å². The van der Waals surface area contributed by atoms with Crippen LogP contribution >= 0.6 is 0 Å². The number of carbonyl (C=O) groups is 3. The fourth-order valence-electron chi connectivity index (χ4n) is 2.16. The molecular formula is C12H21N3O4. The van der Waals surface area contributed by atoms with Gasteiger partial charge in [0.25, 0.3) is 0 Å². The van der Waals surface area contributed by atoms with Gasteiger partial charge in [0.15, 0.2) is 0 Å². The van der Waals surface area contributed by atoms with E-state index in [-0.39, 0.29) is 31.3 Å². The third kappa shape index (κ3) is 5.69. The van der Waals surface area contributed by atoms with Crippen LogP contribution in [-0.2, 0) is 14.4 Å². The van der Waals surface area contributed by atoms with E-state index in [4.69, 9.17) is 10.8 Å². The summed E-state index contributed by atoms with van der Waals surface area (Å²) in [5.41, 5.74) is 5.13. The lowest BCUT2D eigenvalue weighted by Gasteiger charge is -2.31. The number of piperidine rings is 1. The number of rotatable bonds is 6. The molecule has 0 saturated carbocycles. The highest BCUT2D eigenvalue weighted by atomic mass is 16.4. The first-order valence-corrected chi connectivity index (χ1v) is 6.49. The molecule has 0 bridgehead atoms. The van der Waals surface area contributed by atoms with Crippen molar-refractivity contribution in [2.45, 2.75) is 25.7 Å². The lowest BCUT2D eigenvalue weighted by atomic mass is 9.92. The van der Waals surface area contributed by atoms with Crippen molar-refractivity contribution in [1.82, 2.24) is 10.2 Å². The first kappa shape index (κ1) is 15.4. The smallest absolute Gasteiger partial charge is 0.303 e. The summed E-state index contributed by atoms with van der Waals surface area (Å²) in [6, 6.07) is 0. The lowest BCUT2D eigenvalue weighted by molar-refractivity contribution is -0.138. The standard InChI is InChI=1S/C12H21N3O4/c13-7-10(16)14-8-11(17)15-5-3-9(4-6-15)1-2-12(18)19/h9H,1-8,13H2,(H,14,16)(H,18,19). The third-order valence-corrected chi connectivity index (χ3v) is 3.36. The van der Waals surface area contributed by atoms with Gasteiger partial charge in [-0.25, -0.2) is 0 Å². The molecule has 108 valence electrons. The second-order valence-corrected chi connectivity index (χ2v) is 4.74. The molecule has 1 heterocycles. The van der Waals surface area contributed by atoms with Crippen LogP contribution in [0.25, 0.3) is 0 Å². The van der Waals surface area contributed by atoms with Crippen molar-refractivity contribution in [3.63, 3.8) is 0 Å². The van der Waals surface area contributed by atoms with Crippen LogP contribution in [0, 0.1) is 5.92 Å². The van der Waals surface area contributed by atoms with Crippen LogP contribution < -0.4 is 11.1 Å². The number of nitrogens with two attached hydrogens (primary N) is 1.